The second-order valence-electron chi connectivity index (χ2n) is 10.2. The van der Waals surface area contributed by atoms with Crippen molar-refractivity contribution >= 4 is 0 Å². The molecule has 0 spiro atoms. The Morgan fingerprint density at radius 2 is 1.88 bits per heavy atom. The zero-order valence-electron chi connectivity index (χ0n) is 19.7. The van der Waals surface area contributed by atoms with Gasteiger partial charge in [-0.3, -0.25) is 0 Å². The fraction of sp³-hybridized carbons (Fsp3) is 0.393. The summed E-state index contributed by atoms with van der Waals surface area (Å²) in [7, 11) is 0. The molecule has 2 aromatic carbocycles. The lowest BCUT2D eigenvalue weighted by Crippen LogP contribution is -2.33. The van der Waals surface area contributed by atoms with Crippen LogP contribution in [0.5, 0.6) is 0 Å². The third-order valence-corrected chi connectivity index (χ3v) is 6.04. The molecule has 0 aliphatic heterocycles. The number of rotatable bonds is 4. The molecule has 1 aliphatic rings. The molecule has 0 radical (unpaired) electrons. The van der Waals surface area contributed by atoms with E-state index in [1.807, 2.05) is 18.3 Å². The van der Waals surface area contributed by atoms with Gasteiger partial charge in [-0.05, 0) is 68.4 Å². The van der Waals surface area contributed by atoms with Gasteiger partial charge in [0, 0.05) is 29.4 Å². The number of aromatic nitrogens is 2. The maximum Gasteiger partial charge on any atom is 0.120 e. The summed E-state index contributed by atoms with van der Waals surface area (Å²) in [5.41, 5.74) is 6.36. The summed E-state index contributed by atoms with van der Waals surface area (Å²) < 4.78 is 2.14. The predicted octanol–water partition coefficient (Wildman–Crippen LogP) is 5.11. The highest BCUT2D eigenvalue weighted by molar-refractivity contribution is 5.43. The van der Waals surface area contributed by atoms with Crippen LogP contribution < -0.4 is 5.32 Å². The van der Waals surface area contributed by atoms with Crippen molar-refractivity contribution < 1.29 is 5.11 Å². The number of aryl methyl sites for hydroxylation is 1. The SMILES string of the molecule is Cc1ccccc1-n1ncc2c1CC(C)(C)CC2NCc1ccc(C#CC(C)(C)O)cc1. The molecule has 4 heteroatoms. The summed E-state index contributed by atoms with van der Waals surface area (Å²) in [5, 5.41) is 18.4. The molecule has 2 N–H and O–H groups in total. The van der Waals surface area contributed by atoms with E-state index in [9.17, 15) is 5.11 Å². The highest BCUT2D eigenvalue weighted by Gasteiger charge is 2.35. The van der Waals surface area contributed by atoms with Crippen LogP contribution in [0, 0.1) is 24.2 Å². The maximum absolute atomic E-state index is 9.78. The fourth-order valence-electron chi connectivity index (χ4n) is 4.41. The van der Waals surface area contributed by atoms with Crippen LogP contribution in [0.25, 0.3) is 5.69 Å². The van der Waals surface area contributed by atoms with Crippen LogP contribution in [0.1, 0.15) is 68.1 Å². The highest BCUT2D eigenvalue weighted by Crippen LogP contribution is 2.41. The van der Waals surface area contributed by atoms with Gasteiger partial charge in [-0.15, -0.1) is 0 Å². The molecule has 0 amide bonds. The van der Waals surface area contributed by atoms with Gasteiger partial charge in [0.15, 0.2) is 0 Å². The molecule has 1 aromatic heterocycles. The van der Waals surface area contributed by atoms with Gasteiger partial charge < -0.3 is 10.4 Å². The summed E-state index contributed by atoms with van der Waals surface area (Å²) in [5.74, 6) is 5.89. The second kappa shape index (κ2) is 8.58. The van der Waals surface area contributed by atoms with E-state index in [-0.39, 0.29) is 11.5 Å². The Kier molecular flexibility index (Phi) is 5.99. The number of aliphatic hydroxyl groups is 1. The smallest absolute Gasteiger partial charge is 0.120 e. The lowest BCUT2D eigenvalue weighted by Gasteiger charge is -2.36. The van der Waals surface area contributed by atoms with E-state index in [0.717, 1.165) is 30.6 Å². The van der Waals surface area contributed by atoms with Crippen molar-refractivity contribution in [3.05, 3.63) is 82.7 Å². The summed E-state index contributed by atoms with van der Waals surface area (Å²) in [6.45, 7) is 11.0. The molecule has 1 atom stereocenters. The van der Waals surface area contributed by atoms with Crippen molar-refractivity contribution in [2.75, 3.05) is 0 Å². The minimum Gasteiger partial charge on any atom is -0.378 e. The Labute approximate surface area is 191 Å². The van der Waals surface area contributed by atoms with Crippen LogP contribution in [0.4, 0.5) is 0 Å². The van der Waals surface area contributed by atoms with Gasteiger partial charge in [0.1, 0.15) is 5.60 Å². The zero-order chi connectivity index (χ0) is 22.9. The molecular formula is C28H33N3O. The third-order valence-electron chi connectivity index (χ3n) is 6.04. The molecule has 166 valence electrons. The van der Waals surface area contributed by atoms with Gasteiger partial charge >= 0.3 is 0 Å². The Morgan fingerprint density at radius 3 is 2.56 bits per heavy atom. The topological polar surface area (TPSA) is 50.1 Å². The van der Waals surface area contributed by atoms with Crippen molar-refractivity contribution in [2.24, 2.45) is 5.41 Å². The van der Waals surface area contributed by atoms with Crippen molar-refractivity contribution in [2.45, 2.75) is 65.6 Å². The van der Waals surface area contributed by atoms with Crippen LogP contribution in [0.3, 0.4) is 0 Å². The molecule has 32 heavy (non-hydrogen) atoms. The summed E-state index contributed by atoms with van der Waals surface area (Å²) in [4.78, 5) is 0. The minimum absolute atomic E-state index is 0.196. The van der Waals surface area contributed by atoms with E-state index in [1.165, 1.54) is 22.4 Å². The maximum atomic E-state index is 9.78. The first-order valence-corrected chi connectivity index (χ1v) is 11.3. The highest BCUT2D eigenvalue weighted by atomic mass is 16.3. The first kappa shape index (κ1) is 22.3. The number of hydrogen-bond acceptors (Lipinski definition) is 3. The predicted molar refractivity (Wildman–Crippen MR) is 130 cm³/mol. The number of nitrogens with one attached hydrogen (secondary N) is 1. The fourth-order valence-corrected chi connectivity index (χ4v) is 4.41. The average molecular weight is 428 g/mol. The molecule has 0 fully saturated rings. The van der Waals surface area contributed by atoms with Gasteiger partial charge in [-0.1, -0.05) is 56.0 Å². The Balaban J connectivity index is 1.53. The number of hydrogen-bond donors (Lipinski definition) is 2. The first-order valence-electron chi connectivity index (χ1n) is 11.3. The van der Waals surface area contributed by atoms with Crippen LogP contribution in [-0.2, 0) is 13.0 Å². The number of nitrogens with zero attached hydrogens (tertiary/aromatic N) is 2. The van der Waals surface area contributed by atoms with Crippen LogP contribution in [0.2, 0.25) is 0 Å². The largest absolute Gasteiger partial charge is 0.378 e. The zero-order valence-corrected chi connectivity index (χ0v) is 19.7. The molecule has 1 unspecified atom stereocenters. The van der Waals surface area contributed by atoms with Gasteiger partial charge in [0.05, 0.1) is 11.9 Å². The van der Waals surface area contributed by atoms with Gasteiger partial charge in [-0.2, -0.15) is 5.10 Å². The van der Waals surface area contributed by atoms with Crippen molar-refractivity contribution in [3.8, 4) is 17.5 Å². The minimum atomic E-state index is -0.978. The monoisotopic (exact) mass is 427 g/mol. The van der Waals surface area contributed by atoms with Crippen molar-refractivity contribution in [1.82, 2.24) is 15.1 Å². The first-order chi connectivity index (χ1) is 15.1. The molecule has 0 bridgehead atoms. The van der Waals surface area contributed by atoms with E-state index in [1.54, 1.807) is 13.8 Å². The molecule has 4 nitrogen and oxygen atoms in total. The van der Waals surface area contributed by atoms with Gasteiger partial charge in [0.25, 0.3) is 0 Å². The molecular weight excluding hydrogens is 394 g/mol. The van der Waals surface area contributed by atoms with Crippen LogP contribution in [-0.4, -0.2) is 20.5 Å². The molecule has 0 saturated carbocycles. The molecule has 1 aliphatic carbocycles. The third kappa shape index (κ3) is 5.12. The van der Waals surface area contributed by atoms with Crippen molar-refractivity contribution in [1.29, 1.82) is 0 Å². The van der Waals surface area contributed by atoms with Crippen molar-refractivity contribution in [3.63, 3.8) is 0 Å². The lowest BCUT2D eigenvalue weighted by atomic mass is 9.74. The van der Waals surface area contributed by atoms with E-state index in [2.05, 4.69) is 79.0 Å². The standard InChI is InChI=1S/C28H33N3O/c1-20-8-6-7-9-25(20)31-26-17-27(2,3)16-24(23(26)19-30-31)29-18-22-12-10-21(11-13-22)14-15-28(4,5)32/h6-13,19,24,29,32H,16-18H2,1-5H3. The molecule has 0 saturated heterocycles. The number of benzene rings is 2. The molecule has 3 aromatic rings. The van der Waals surface area contributed by atoms with Crippen LogP contribution in [0.15, 0.2) is 54.7 Å². The summed E-state index contributed by atoms with van der Waals surface area (Å²) in [6, 6.07) is 16.9. The Hall–Kier alpha value is -2.87. The quantitative estimate of drug-likeness (QED) is 0.569. The second-order valence-corrected chi connectivity index (χ2v) is 10.2. The summed E-state index contributed by atoms with van der Waals surface area (Å²) >= 11 is 0. The van der Waals surface area contributed by atoms with E-state index in [4.69, 9.17) is 5.10 Å². The Morgan fingerprint density at radius 1 is 1.16 bits per heavy atom. The number of fused-ring (bicyclic) bond motifs is 1. The van der Waals surface area contributed by atoms with Gasteiger partial charge in [0.2, 0.25) is 0 Å². The van der Waals surface area contributed by atoms with Gasteiger partial charge in [-0.25, -0.2) is 4.68 Å². The Bertz CT molecular complexity index is 1150. The normalized spacial score (nSPS) is 17.4. The van der Waals surface area contributed by atoms with E-state index < -0.39 is 5.60 Å². The molecule has 4 rings (SSSR count). The average Bonchev–Trinajstić information content (AvgIpc) is 3.13. The van der Waals surface area contributed by atoms with E-state index >= 15 is 0 Å². The number of para-hydroxylation sites is 1. The lowest BCUT2D eigenvalue weighted by molar-refractivity contribution is 0.143. The van der Waals surface area contributed by atoms with E-state index in [0.29, 0.717) is 0 Å². The summed E-state index contributed by atoms with van der Waals surface area (Å²) in [6.07, 6.45) is 4.14. The van der Waals surface area contributed by atoms with Crippen LogP contribution >= 0.6 is 0 Å². The molecule has 1 heterocycles.